The molecule has 7 nitrogen and oxygen atoms in total. The molecule has 1 fully saturated rings. The number of hydrogen-bond acceptors (Lipinski definition) is 6. The molecule has 8 heteroatoms. The number of likely N-dealkylation sites (tertiary alicyclic amines) is 1. The second-order valence-electron chi connectivity index (χ2n) is 7.88. The van der Waals surface area contributed by atoms with E-state index in [4.69, 9.17) is 0 Å². The molecule has 0 aliphatic carbocycles. The molecule has 0 radical (unpaired) electrons. The van der Waals surface area contributed by atoms with Crippen LogP contribution in [0.5, 0.6) is 0 Å². The lowest BCUT2D eigenvalue weighted by Gasteiger charge is -2.32. The smallest absolute Gasteiger partial charge is 0.241 e. The number of anilines is 1. The third kappa shape index (κ3) is 4.12. The number of halogens is 1. The molecule has 152 valence electrons. The summed E-state index contributed by atoms with van der Waals surface area (Å²) in [6.45, 7) is 7.20. The van der Waals surface area contributed by atoms with E-state index in [9.17, 15) is 4.39 Å². The SMILES string of the molecule is CC(C)=Nc1ncc(-c2ccn3nc(NC4CCN(C)CC4F)ncc23)cc1C. The van der Waals surface area contributed by atoms with Crippen molar-refractivity contribution in [2.75, 3.05) is 25.5 Å². The maximum absolute atomic E-state index is 14.3. The average molecular weight is 395 g/mol. The van der Waals surface area contributed by atoms with E-state index in [1.54, 1.807) is 10.7 Å². The summed E-state index contributed by atoms with van der Waals surface area (Å²) in [4.78, 5) is 15.4. The Kier molecular flexibility index (Phi) is 5.27. The Morgan fingerprint density at radius 3 is 2.83 bits per heavy atom. The van der Waals surface area contributed by atoms with Gasteiger partial charge in [-0.1, -0.05) is 0 Å². The lowest BCUT2D eigenvalue weighted by Crippen LogP contribution is -2.46. The zero-order valence-electron chi connectivity index (χ0n) is 17.2. The molecule has 0 spiro atoms. The van der Waals surface area contributed by atoms with Crippen LogP contribution in [0.2, 0.25) is 0 Å². The molecule has 0 saturated carbocycles. The molecule has 4 heterocycles. The first-order chi connectivity index (χ1) is 13.9. The van der Waals surface area contributed by atoms with Crippen molar-refractivity contribution in [2.24, 2.45) is 4.99 Å². The van der Waals surface area contributed by atoms with Crippen LogP contribution >= 0.6 is 0 Å². The molecule has 1 aliphatic heterocycles. The van der Waals surface area contributed by atoms with Gasteiger partial charge >= 0.3 is 0 Å². The lowest BCUT2D eigenvalue weighted by atomic mass is 10.0. The number of piperidine rings is 1. The zero-order chi connectivity index (χ0) is 20.5. The highest BCUT2D eigenvalue weighted by atomic mass is 19.1. The van der Waals surface area contributed by atoms with Gasteiger partial charge in [0.2, 0.25) is 5.95 Å². The number of aromatic nitrogens is 4. The lowest BCUT2D eigenvalue weighted by molar-refractivity contribution is 0.149. The molecule has 29 heavy (non-hydrogen) atoms. The van der Waals surface area contributed by atoms with E-state index in [-0.39, 0.29) is 6.04 Å². The van der Waals surface area contributed by atoms with E-state index in [0.29, 0.717) is 12.5 Å². The van der Waals surface area contributed by atoms with Gasteiger partial charge < -0.3 is 10.2 Å². The van der Waals surface area contributed by atoms with Gasteiger partial charge in [0.25, 0.3) is 0 Å². The van der Waals surface area contributed by atoms with Crippen molar-refractivity contribution in [2.45, 2.75) is 39.4 Å². The minimum Gasteiger partial charge on any atom is -0.347 e. The Bertz CT molecular complexity index is 1050. The molecule has 2 unspecified atom stereocenters. The summed E-state index contributed by atoms with van der Waals surface area (Å²) >= 11 is 0. The summed E-state index contributed by atoms with van der Waals surface area (Å²) in [5, 5.41) is 7.68. The molecule has 2 atom stereocenters. The van der Waals surface area contributed by atoms with Gasteiger partial charge in [0.05, 0.1) is 17.8 Å². The normalized spacial score (nSPS) is 20.0. The number of aryl methyl sites for hydroxylation is 1. The predicted molar refractivity (Wildman–Crippen MR) is 114 cm³/mol. The quantitative estimate of drug-likeness (QED) is 0.683. The molecule has 0 aromatic carbocycles. The van der Waals surface area contributed by atoms with Crippen LogP contribution in [0.4, 0.5) is 16.2 Å². The predicted octanol–water partition coefficient (Wildman–Crippen LogP) is 3.67. The van der Waals surface area contributed by atoms with Crippen LogP contribution in [-0.2, 0) is 0 Å². The summed E-state index contributed by atoms with van der Waals surface area (Å²) in [7, 11) is 1.94. The minimum absolute atomic E-state index is 0.263. The maximum Gasteiger partial charge on any atom is 0.241 e. The topological polar surface area (TPSA) is 70.7 Å². The number of alkyl halides is 1. The fourth-order valence-corrected chi connectivity index (χ4v) is 3.64. The number of rotatable bonds is 4. The molecule has 1 aliphatic rings. The summed E-state index contributed by atoms with van der Waals surface area (Å²) < 4.78 is 16.1. The van der Waals surface area contributed by atoms with Crippen LogP contribution in [0.3, 0.4) is 0 Å². The van der Waals surface area contributed by atoms with E-state index >= 15 is 0 Å². The van der Waals surface area contributed by atoms with E-state index in [2.05, 4.69) is 31.4 Å². The van der Waals surface area contributed by atoms with Crippen molar-refractivity contribution in [1.29, 1.82) is 0 Å². The van der Waals surface area contributed by atoms with E-state index in [1.165, 1.54) is 0 Å². The molecule has 3 aromatic rings. The van der Waals surface area contributed by atoms with Gasteiger partial charge in [0, 0.05) is 42.3 Å². The first kappa shape index (κ1) is 19.4. The van der Waals surface area contributed by atoms with Crippen molar-refractivity contribution in [1.82, 2.24) is 24.5 Å². The Morgan fingerprint density at radius 1 is 1.28 bits per heavy atom. The number of nitrogens with zero attached hydrogens (tertiary/aromatic N) is 6. The Labute approximate surface area is 169 Å². The van der Waals surface area contributed by atoms with Gasteiger partial charge in [0.1, 0.15) is 6.17 Å². The van der Waals surface area contributed by atoms with Gasteiger partial charge in [0.15, 0.2) is 5.82 Å². The molecule has 1 N–H and O–H groups in total. The minimum atomic E-state index is -0.935. The van der Waals surface area contributed by atoms with Crippen molar-refractivity contribution in [3.05, 3.63) is 36.3 Å². The van der Waals surface area contributed by atoms with Gasteiger partial charge in [-0.3, -0.25) is 0 Å². The molecule has 0 amide bonds. The number of nitrogens with one attached hydrogen (secondary N) is 1. The van der Waals surface area contributed by atoms with E-state index in [0.717, 1.165) is 46.7 Å². The second-order valence-corrected chi connectivity index (χ2v) is 7.88. The van der Waals surface area contributed by atoms with Crippen LogP contribution in [0.15, 0.2) is 35.7 Å². The zero-order valence-corrected chi connectivity index (χ0v) is 17.2. The molecule has 1 saturated heterocycles. The highest BCUT2D eigenvalue weighted by Gasteiger charge is 2.28. The largest absolute Gasteiger partial charge is 0.347 e. The molecule has 0 bridgehead atoms. The Morgan fingerprint density at radius 2 is 2.10 bits per heavy atom. The second kappa shape index (κ2) is 7.87. The fraction of sp³-hybridized carbons (Fsp3) is 0.429. The first-order valence-corrected chi connectivity index (χ1v) is 9.83. The van der Waals surface area contributed by atoms with Crippen LogP contribution < -0.4 is 5.32 Å². The molecule has 3 aromatic heterocycles. The third-order valence-corrected chi connectivity index (χ3v) is 5.17. The first-order valence-electron chi connectivity index (χ1n) is 9.83. The van der Waals surface area contributed by atoms with E-state index < -0.39 is 6.17 Å². The van der Waals surface area contributed by atoms with Gasteiger partial charge in [-0.15, -0.1) is 5.10 Å². The maximum atomic E-state index is 14.3. The molecular weight excluding hydrogens is 369 g/mol. The summed E-state index contributed by atoms with van der Waals surface area (Å²) in [5.74, 6) is 1.17. The third-order valence-electron chi connectivity index (χ3n) is 5.17. The number of aliphatic imine (C=N–C) groups is 1. The van der Waals surface area contributed by atoms with Crippen LogP contribution in [-0.4, -0.2) is 62.5 Å². The Balaban J connectivity index is 1.59. The highest BCUT2D eigenvalue weighted by Crippen LogP contribution is 2.28. The standard InChI is InChI=1S/C21H26FN7/c1-13(2)25-20-14(3)9-15(10-23-20)16-5-8-29-19(16)11-24-21(27-29)26-18-6-7-28(4)12-17(18)22/h5,8-11,17-18H,6-7,12H2,1-4H3,(H,26,27). The van der Waals surface area contributed by atoms with Crippen LogP contribution in [0, 0.1) is 6.92 Å². The summed E-state index contributed by atoms with van der Waals surface area (Å²) in [6.07, 6.45) is 5.27. The van der Waals surface area contributed by atoms with E-state index in [1.807, 2.05) is 51.2 Å². The van der Waals surface area contributed by atoms with Crippen molar-refractivity contribution < 1.29 is 4.39 Å². The number of hydrogen-bond donors (Lipinski definition) is 1. The fourth-order valence-electron chi connectivity index (χ4n) is 3.64. The molecule has 4 rings (SSSR count). The average Bonchev–Trinajstić information content (AvgIpc) is 3.08. The van der Waals surface area contributed by atoms with Crippen LogP contribution in [0.1, 0.15) is 25.8 Å². The number of fused-ring (bicyclic) bond motifs is 1. The highest BCUT2D eigenvalue weighted by molar-refractivity contribution is 5.83. The number of pyridine rings is 1. The summed E-state index contributed by atoms with van der Waals surface area (Å²) in [6, 6.07) is 3.80. The van der Waals surface area contributed by atoms with Gasteiger partial charge in [-0.05, 0) is 51.9 Å². The molecular formula is C21H26FN7. The summed E-state index contributed by atoms with van der Waals surface area (Å²) in [5.41, 5.74) is 4.84. The Hall–Kier alpha value is -2.87. The van der Waals surface area contributed by atoms with Crippen molar-refractivity contribution >= 4 is 23.0 Å². The van der Waals surface area contributed by atoms with Crippen molar-refractivity contribution in [3.8, 4) is 11.1 Å². The van der Waals surface area contributed by atoms with Gasteiger partial charge in [-0.2, -0.15) is 0 Å². The monoisotopic (exact) mass is 395 g/mol. The van der Waals surface area contributed by atoms with Crippen molar-refractivity contribution in [3.63, 3.8) is 0 Å². The van der Waals surface area contributed by atoms with Gasteiger partial charge in [-0.25, -0.2) is 23.9 Å². The van der Waals surface area contributed by atoms with Crippen LogP contribution in [0.25, 0.3) is 16.6 Å².